The molecule has 0 aliphatic heterocycles. The van der Waals surface area contributed by atoms with E-state index < -0.39 is 12.2 Å². The highest BCUT2D eigenvalue weighted by Crippen LogP contribution is 2.23. The normalized spacial score (nSPS) is 23.4. The number of aliphatic hydroxyl groups is 1. The van der Waals surface area contributed by atoms with E-state index >= 15 is 0 Å². The van der Waals surface area contributed by atoms with Crippen LogP contribution in [0.3, 0.4) is 0 Å². The molecule has 3 N–H and O–H groups in total. The van der Waals surface area contributed by atoms with Gasteiger partial charge >= 0.3 is 6.09 Å². The largest absolute Gasteiger partial charge is 0.445 e. The van der Waals surface area contributed by atoms with E-state index in [-0.39, 0.29) is 24.7 Å². The molecule has 5 nitrogen and oxygen atoms in total. The first kappa shape index (κ1) is 18.4. The molecule has 3 rings (SSSR count). The average Bonchev–Trinajstić information content (AvgIpc) is 3.00. The Balaban J connectivity index is 1.45. The van der Waals surface area contributed by atoms with Crippen molar-refractivity contribution in [3.05, 3.63) is 71.8 Å². The molecule has 0 unspecified atom stereocenters. The van der Waals surface area contributed by atoms with Crippen LogP contribution in [0.5, 0.6) is 0 Å². The van der Waals surface area contributed by atoms with E-state index in [4.69, 9.17) is 4.74 Å². The van der Waals surface area contributed by atoms with Gasteiger partial charge in [-0.3, -0.25) is 0 Å². The number of benzene rings is 2. The van der Waals surface area contributed by atoms with Crippen LogP contribution in [0.25, 0.3) is 0 Å². The zero-order chi connectivity index (χ0) is 18.4. The van der Waals surface area contributed by atoms with Crippen LogP contribution in [0.15, 0.2) is 60.7 Å². The van der Waals surface area contributed by atoms with Crippen LogP contribution < -0.4 is 10.6 Å². The summed E-state index contributed by atoms with van der Waals surface area (Å²) in [6, 6.07) is 19.7. The number of nitrogens with one attached hydrogen (secondary N) is 2. The number of rotatable bonds is 6. The molecule has 0 aromatic heterocycles. The molecule has 1 aliphatic carbocycles. The minimum atomic E-state index is -0.486. The number of ether oxygens (including phenoxy) is 1. The van der Waals surface area contributed by atoms with Crippen molar-refractivity contribution >= 4 is 6.09 Å². The first-order valence-electron chi connectivity index (χ1n) is 9.08. The zero-order valence-corrected chi connectivity index (χ0v) is 15.0. The monoisotopic (exact) mass is 354 g/mol. The molecule has 4 atom stereocenters. The summed E-state index contributed by atoms with van der Waals surface area (Å²) in [5, 5.41) is 16.6. The van der Waals surface area contributed by atoms with Crippen molar-refractivity contribution in [2.45, 2.75) is 50.6 Å². The fraction of sp³-hybridized carbons (Fsp3) is 0.381. The van der Waals surface area contributed by atoms with Gasteiger partial charge in [0.05, 0.1) is 6.10 Å². The van der Waals surface area contributed by atoms with Gasteiger partial charge in [0, 0.05) is 18.1 Å². The number of alkyl carbamates (subject to hydrolysis) is 1. The molecule has 1 amide bonds. The highest BCUT2D eigenvalue weighted by molar-refractivity contribution is 5.67. The van der Waals surface area contributed by atoms with Crippen molar-refractivity contribution < 1.29 is 14.6 Å². The summed E-state index contributed by atoms with van der Waals surface area (Å²) in [6.45, 7) is 2.32. The Labute approximate surface area is 154 Å². The number of carbonyl (C=O) groups excluding carboxylic acids is 1. The summed E-state index contributed by atoms with van der Waals surface area (Å²) in [7, 11) is 0. The molecule has 0 bridgehead atoms. The molecular weight excluding hydrogens is 328 g/mol. The lowest BCUT2D eigenvalue weighted by atomic mass is 10.1. The fourth-order valence-electron chi connectivity index (χ4n) is 3.40. The van der Waals surface area contributed by atoms with Gasteiger partial charge in [0.1, 0.15) is 6.61 Å². The van der Waals surface area contributed by atoms with Crippen LogP contribution in [0.4, 0.5) is 4.79 Å². The van der Waals surface area contributed by atoms with Crippen molar-refractivity contribution in [1.29, 1.82) is 0 Å². The maximum Gasteiger partial charge on any atom is 0.407 e. The standard InChI is InChI=1S/C21H26N2O3/c1-15(17-10-6-3-7-11-17)22-19-12-18(13-20(19)24)23-21(25)26-14-16-8-4-2-5-9-16/h2-11,15,18-20,22,24H,12-14H2,1H3,(H,23,25)/t15-,18+,19+,20+/m0/s1. The van der Waals surface area contributed by atoms with E-state index in [2.05, 4.69) is 29.7 Å². The molecular formula is C21H26N2O3. The fourth-order valence-corrected chi connectivity index (χ4v) is 3.40. The summed E-state index contributed by atoms with van der Waals surface area (Å²) < 4.78 is 5.26. The van der Waals surface area contributed by atoms with Crippen molar-refractivity contribution in [2.75, 3.05) is 0 Å². The minimum Gasteiger partial charge on any atom is -0.445 e. The van der Waals surface area contributed by atoms with Gasteiger partial charge in [0.15, 0.2) is 0 Å². The topological polar surface area (TPSA) is 70.6 Å². The Bertz CT molecular complexity index is 693. The molecule has 1 saturated carbocycles. The van der Waals surface area contributed by atoms with Gasteiger partial charge < -0.3 is 20.5 Å². The number of amides is 1. The second-order valence-corrected chi connectivity index (χ2v) is 6.85. The first-order valence-corrected chi connectivity index (χ1v) is 9.08. The van der Waals surface area contributed by atoms with Gasteiger partial charge in [-0.2, -0.15) is 0 Å². The maximum absolute atomic E-state index is 12.0. The predicted octanol–water partition coefficient (Wildman–Crippen LogP) is 3.16. The summed E-state index contributed by atoms with van der Waals surface area (Å²) in [5.74, 6) is 0. The molecule has 2 aromatic carbocycles. The Morgan fingerprint density at radius 3 is 2.46 bits per heavy atom. The average molecular weight is 354 g/mol. The van der Waals surface area contributed by atoms with Crippen LogP contribution in [0.2, 0.25) is 0 Å². The SMILES string of the molecule is C[C@H](N[C@@H]1C[C@@H](NC(=O)OCc2ccccc2)C[C@H]1O)c1ccccc1. The molecule has 0 radical (unpaired) electrons. The number of hydrogen-bond donors (Lipinski definition) is 3. The van der Waals surface area contributed by atoms with Gasteiger partial charge in [0.2, 0.25) is 0 Å². The number of aliphatic hydroxyl groups excluding tert-OH is 1. The number of hydrogen-bond acceptors (Lipinski definition) is 4. The third kappa shape index (κ3) is 5.07. The molecule has 26 heavy (non-hydrogen) atoms. The Kier molecular flexibility index (Phi) is 6.26. The molecule has 1 fully saturated rings. The van der Waals surface area contributed by atoms with Crippen molar-refractivity contribution in [3.63, 3.8) is 0 Å². The molecule has 0 saturated heterocycles. The van der Waals surface area contributed by atoms with Gasteiger partial charge in [-0.25, -0.2) is 4.79 Å². The Hall–Kier alpha value is -2.37. The molecule has 5 heteroatoms. The first-order chi connectivity index (χ1) is 12.6. The van der Waals surface area contributed by atoms with Crippen LogP contribution >= 0.6 is 0 Å². The smallest absolute Gasteiger partial charge is 0.407 e. The maximum atomic E-state index is 12.0. The van der Waals surface area contributed by atoms with Crippen LogP contribution in [-0.4, -0.2) is 29.4 Å². The quantitative estimate of drug-likeness (QED) is 0.745. The van der Waals surface area contributed by atoms with Crippen molar-refractivity contribution in [3.8, 4) is 0 Å². The van der Waals surface area contributed by atoms with Crippen molar-refractivity contribution in [1.82, 2.24) is 10.6 Å². The summed E-state index contributed by atoms with van der Waals surface area (Å²) in [5.41, 5.74) is 2.13. The second-order valence-electron chi connectivity index (χ2n) is 6.85. The van der Waals surface area contributed by atoms with Gasteiger partial charge in [-0.15, -0.1) is 0 Å². The lowest BCUT2D eigenvalue weighted by Gasteiger charge is -2.22. The van der Waals surface area contributed by atoms with Gasteiger partial charge in [0.25, 0.3) is 0 Å². The lowest BCUT2D eigenvalue weighted by Crippen LogP contribution is -2.38. The lowest BCUT2D eigenvalue weighted by molar-refractivity contribution is 0.131. The van der Waals surface area contributed by atoms with Crippen LogP contribution in [0.1, 0.15) is 36.9 Å². The van der Waals surface area contributed by atoms with Crippen molar-refractivity contribution in [2.24, 2.45) is 0 Å². The molecule has 0 heterocycles. The predicted molar refractivity (Wildman–Crippen MR) is 101 cm³/mol. The Morgan fingerprint density at radius 1 is 1.12 bits per heavy atom. The highest BCUT2D eigenvalue weighted by atomic mass is 16.5. The van der Waals surface area contributed by atoms with E-state index in [0.717, 1.165) is 5.56 Å². The zero-order valence-electron chi connectivity index (χ0n) is 15.0. The molecule has 138 valence electrons. The highest BCUT2D eigenvalue weighted by Gasteiger charge is 2.34. The number of carbonyl (C=O) groups is 1. The van der Waals surface area contributed by atoms with E-state index in [9.17, 15) is 9.90 Å². The van der Waals surface area contributed by atoms with E-state index in [1.54, 1.807) is 0 Å². The molecule has 2 aromatic rings. The van der Waals surface area contributed by atoms with E-state index in [0.29, 0.717) is 12.8 Å². The molecule has 1 aliphatic rings. The second kappa shape index (κ2) is 8.83. The van der Waals surface area contributed by atoms with E-state index in [1.165, 1.54) is 5.56 Å². The van der Waals surface area contributed by atoms with Gasteiger partial charge in [-0.1, -0.05) is 60.7 Å². The summed E-state index contributed by atoms with van der Waals surface area (Å²) >= 11 is 0. The van der Waals surface area contributed by atoms with E-state index in [1.807, 2.05) is 48.5 Å². The third-order valence-corrected chi connectivity index (χ3v) is 4.83. The summed E-state index contributed by atoms with van der Waals surface area (Å²) in [6.07, 6.45) is 0.279. The molecule has 0 spiro atoms. The van der Waals surface area contributed by atoms with Gasteiger partial charge in [-0.05, 0) is 30.9 Å². The third-order valence-electron chi connectivity index (χ3n) is 4.83. The minimum absolute atomic E-state index is 0.0513. The van der Waals surface area contributed by atoms with Crippen LogP contribution in [-0.2, 0) is 11.3 Å². The van der Waals surface area contributed by atoms with Crippen LogP contribution in [0, 0.1) is 0 Å². The Morgan fingerprint density at radius 2 is 1.77 bits per heavy atom. The summed E-state index contributed by atoms with van der Waals surface area (Å²) in [4.78, 5) is 12.0.